The van der Waals surface area contributed by atoms with Gasteiger partial charge in [0.1, 0.15) is 30.5 Å². The van der Waals surface area contributed by atoms with Crippen LogP contribution in [0.25, 0.3) is 0 Å². The molecule has 0 amide bonds. The monoisotopic (exact) mass is 464 g/mol. The molecule has 1 saturated heterocycles. The highest BCUT2D eigenvalue weighted by Gasteiger charge is 2.45. The first-order valence-electron chi connectivity index (χ1n) is 10.7. The van der Waals surface area contributed by atoms with Gasteiger partial charge in [0.2, 0.25) is 0 Å². The molecule has 4 rings (SSSR count). The Bertz CT molecular complexity index is 933. The molecule has 0 bridgehead atoms. The Morgan fingerprint density at radius 3 is 2.39 bits per heavy atom. The number of aliphatic hydroxyl groups is 4. The fourth-order valence-electron chi connectivity index (χ4n) is 4.45. The number of rotatable bonds is 5. The molecule has 0 radical (unpaired) electrons. The van der Waals surface area contributed by atoms with E-state index in [1.165, 1.54) is 5.56 Å². The van der Waals surface area contributed by atoms with Crippen molar-refractivity contribution < 1.29 is 25.2 Å². The molecule has 5 nitrogen and oxygen atoms in total. The van der Waals surface area contributed by atoms with Crippen LogP contribution in [0.3, 0.4) is 0 Å². The lowest BCUT2D eigenvalue weighted by atomic mass is 9.88. The minimum absolute atomic E-state index is 0.329. The van der Waals surface area contributed by atoms with Crippen LogP contribution in [-0.2, 0) is 24.0 Å². The maximum atomic E-state index is 10.7. The first-order valence-corrected chi connectivity index (χ1v) is 12.0. The van der Waals surface area contributed by atoms with Crippen LogP contribution in [0.1, 0.15) is 47.8 Å². The van der Waals surface area contributed by atoms with E-state index >= 15 is 0 Å². The summed E-state index contributed by atoms with van der Waals surface area (Å²) in [4.78, 5) is 0.965. The molecule has 0 aromatic heterocycles. The minimum atomic E-state index is -1.41. The lowest BCUT2D eigenvalue weighted by molar-refractivity contribution is -0.232. The molecule has 1 fully saturated rings. The van der Waals surface area contributed by atoms with Gasteiger partial charge in [-0.1, -0.05) is 55.8 Å². The number of halogens is 1. The van der Waals surface area contributed by atoms with Crippen LogP contribution < -0.4 is 0 Å². The second kappa shape index (κ2) is 9.40. The van der Waals surface area contributed by atoms with Gasteiger partial charge in [0.25, 0.3) is 0 Å². The molecule has 31 heavy (non-hydrogen) atoms. The molecule has 2 aromatic carbocycles. The third kappa shape index (κ3) is 4.40. The topological polar surface area (TPSA) is 90.2 Å². The lowest BCUT2D eigenvalue weighted by Gasteiger charge is -2.41. The number of aryl methyl sites for hydroxylation is 1. The van der Waals surface area contributed by atoms with Crippen molar-refractivity contribution in [3.05, 3.63) is 63.2 Å². The molecular formula is C24H29ClO5S. The Kier molecular flexibility index (Phi) is 6.99. The molecule has 6 atom stereocenters. The normalized spacial score (nSPS) is 30.4. The summed E-state index contributed by atoms with van der Waals surface area (Å²) in [5.74, 6) is 0. The Hall–Kier alpha value is -1.12. The zero-order valence-electron chi connectivity index (χ0n) is 17.7. The quantitative estimate of drug-likeness (QED) is 0.543. The zero-order chi connectivity index (χ0) is 22.3. The van der Waals surface area contributed by atoms with Gasteiger partial charge in [0.05, 0.1) is 6.61 Å². The SMILES string of the molecule is CCc1ccc(Cc2cc([C@H]3O[C@@H](CO)[C@H](O)[C@@H](O)[C@@H]3O)c3c(c2Cl)CC(C)S3)cc1. The molecule has 2 aromatic rings. The number of benzene rings is 2. The fourth-order valence-corrected chi connectivity index (χ4v) is 6.09. The summed E-state index contributed by atoms with van der Waals surface area (Å²) < 4.78 is 5.89. The van der Waals surface area contributed by atoms with E-state index in [9.17, 15) is 20.4 Å². The van der Waals surface area contributed by atoms with Crippen LogP contribution in [0.2, 0.25) is 5.02 Å². The molecule has 4 N–H and O–H groups in total. The van der Waals surface area contributed by atoms with Gasteiger partial charge in [-0.25, -0.2) is 0 Å². The van der Waals surface area contributed by atoms with Crippen molar-refractivity contribution in [3.63, 3.8) is 0 Å². The predicted molar refractivity (Wildman–Crippen MR) is 122 cm³/mol. The Balaban J connectivity index is 1.75. The van der Waals surface area contributed by atoms with E-state index in [0.717, 1.165) is 45.0 Å². The Morgan fingerprint density at radius 1 is 1.06 bits per heavy atom. The molecule has 0 saturated carbocycles. The van der Waals surface area contributed by atoms with E-state index in [2.05, 4.69) is 38.1 Å². The fraction of sp³-hybridized carbons (Fsp3) is 0.500. The summed E-state index contributed by atoms with van der Waals surface area (Å²) in [5, 5.41) is 41.9. The van der Waals surface area contributed by atoms with Crippen LogP contribution in [0.5, 0.6) is 0 Å². The van der Waals surface area contributed by atoms with Gasteiger partial charge in [-0.2, -0.15) is 0 Å². The minimum Gasteiger partial charge on any atom is -0.394 e. The lowest BCUT2D eigenvalue weighted by Crippen LogP contribution is -2.55. The number of hydrogen-bond acceptors (Lipinski definition) is 6. The van der Waals surface area contributed by atoms with Crippen LogP contribution in [-0.4, -0.2) is 56.7 Å². The summed E-state index contributed by atoms with van der Waals surface area (Å²) in [6, 6.07) is 10.4. The Morgan fingerprint density at radius 2 is 1.74 bits per heavy atom. The third-order valence-electron chi connectivity index (χ3n) is 6.25. The number of fused-ring (bicyclic) bond motifs is 1. The number of hydrogen-bond donors (Lipinski definition) is 4. The van der Waals surface area contributed by atoms with Gasteiger partial charge < -0.3 is 25.2 Å². The maximum absolute atomic E-state index is 10.7. The van der Waals surface area contributed by atoms with Gasteiger partial charge in [0.15, 0.2) is 0 Å². The van der Waals surface area contributed by atoms with Gasteiger partial charge in [-0.3, -0.25) is 0 Å². The van der Waals surface area contributed by atoms with E-state index in [0.29, 0.717) is 11.7 Å². The molecule has 7 heteroatoms. The van der Waals surface area contributed by atoms with E-state index in [1.807, 2.05) is 6.07 Å². The standard InChI is InChI=1S/C24H29ClO5S/c1-3-13-4-6-14(7-5-13)9-15-10-17(24-16(19(15)25)8-12(2)31-24)23-22(29)21(28)20(27)18(11-26)30-23/h4-7,10,12,18,20-23,26-29H,3,8-9,11H2,1-2H3/t12?,18-,20-,21+,22-,23+/m0/s1. The summed E-state index contributed by atoms with van der Waals surface area (Å²) in [7, 11) is 0. The Labute approximate surface area is 192 Å². The van der Waals surface area contributed by atoms with Crippen molar-refractivity contribution in [1.82, 2.24) is 0 Å². The molecule has 2 aliphatic rings. The van der Waals surface area contributed by atoms with Crippen molar-refractivity contribution in [2.75, 3.05) is 6.61 Å². The summed E-state index contributed by atoms with van der Waals surface area (Å²) in [6.45, 7) is 3.80. The molecule has 1 unspecified atom stereocenters. The zero-order valence-corrected chi connectivity index (χ0v) is 19.2. The first-order chi connectivity index (χ1) is 14.8. The summed E-state index contributed by atoms with van der Waals surface area (Å²) in [6.07, 6.45) is -3.46. The van der Waals surface area contributed by atoms with Gasteiger partial charge >= 0.3 is 0 Å². The highest BCUT2D eigenvalue weighted by Crippen LogP contribution is 2.48. The largest absolute Gasteiger partial charge is 0.394 e. The van der Waals surface area contributed by atoms with Crippen molar-refractivity contribution in [2.45, 2.75) is 73.8 Å². The number of thioether (sulfide) groups is 1. The average Bonchev–Trinajstić information content (AvgIpc) is 3.17. The van der Waals surface area contributed by atoms with Crippen LogP contribution in [0.4, 0.5) is 0 Å². The van der Waals surface area contributed by atoms with Crippen molar-refractivity contribution in [1.29, 1.82) is 0 Å². The van der Waals surface area contributed by atoms with Gasteiger partial charge in [-0.15, -0.1) is 11.8 Å². The summed E-state index contributed by atoms with van der Waals surface area (Å²) >= 11 is 8.51. The average molecular weight is 465 g/mol. The van der Waals surface area contributed by atoms with Crippen LogP contribution in [0.15, 0.2) is 35.2 Å². The summed E-state index contributed by atoms with van der Waals surface area (Å²) in [5.41, 5.74) is 5.14. The molecule has 0 aliphatic carbocycles. The van der Waals surface area contributed by atoms with Crippen molar-refractivity contribution in [3.8, 4) is 0 Å². The van der Waals surface area contributed by atoms with Gasteiger partial charge in [0, 0.05) is 15.2 Å². The molecule has 2 heterocycles. The van der Waals surface area contributed by atoms with E-state index < -0.39 is 37.1 Å². The first kappa shape index (κ1) is 23.1. The highest BCUT2D eigenvalue weighted by atomic mass is 35.5. The second-order valence-corrected chi connectivity index (χ2v) is 10.3. The maximum Gasteiger partial charge on any atom is 0.113 e. The number of aliphatic hydroxyl groups excluding tert-OH is 4. The number of ether oxygens (including phenoxy) is 1. The van der Waals surface area contributed by atoms with E-state index in [4.69, 9.17) is 16.3 Å². The molecule has 168 valence electrons. The third-order valence-corrected chi connectivity index (χ3v) is 8.01. The van der Waals surface area contributed by atoms with Crippen molar-refractivity contribution >= 4 is 23.4 Å². The highest BCUT2D eigenvalue weighted by molar-refractivity contribution is 8.00. The van der Waals surface area contributed by atoms with Crippen molar-refractivity contribution in [2.24, 2.45) is 0 Å². The predicted octanol–water partition coefficient (Wildman–Crippen LogP) is 3.04. The molecule has 0 spiro atoms. The van der Waals surface area contributed by atoms with E-state index in [1.54, 1.807) is 11.8 Å². The van der Waals surface area contributed by atoms with Crippen LogP contribution >= 0.6 is 23.4 Å². The molecule has 2 aliphatic heterocycles. The smallest absolute Gasteiger partial charge is 0.113 e. The van der Waals surface area contributed by atoms with Crippen LogP contribution in [0, 0.1) is 0 Å². The molecular weight excluding hydrogens is 436 g/mol. The van der Waals surface area contributed by atoms with Gasteiger partial charge in [-0.05, 0) is 47.1 Å². The second-order valence-electron chi connectivity index (χ2n) is 8.48. The van der Waals surface area contributed by atoms with E-state index in [-0.39, 0.29) is 0 Å².